The second kappa shape index (κ2) is 3.06. The summed E-state index contributed by atoms with van der Waals surface area (Å²) in [5, 5.41) is 7.46. The molecule has 0 saturated carbocycles. The van der Waals surface area contributed by atoms with Crippen LogP contribution in [-0.2, 0) is 0 Å². The van der Waals surface area contributed by atoms with Crippen molar-refractivity contribution in [2.24, 2.45) is 0 Å². The van der Waals surface area contributed by atoms with Crippen molar-refractivity contribution >= 4 is 15.9 Å². The molecule has 0 N–H and O–H groups in total. The van der Waals surface area contributed by atoms with Gasteiger partial charge in [-0.25, -0.2) is 0 Å². The molecule has 3 nitrogen and oxygen atoms in total. The number of para-hydroxylation sites is 1. The zero-order chi connectivity index (χ0) is 8.39. The Morgan fingerprint density at radius 2 is 1.75 bits per heavy atom. The van der Waals surface area contributed by atoms with E-state index >= 15 is 0 Å². The number of hydrogen-bond donors (Lipinski definition) is 0. The predicted octanol–water partition coefficient (Wildman–Crippen LogP) is 2.03. The monoisotopic (exact) mass is 223 g/mol. The SMILES string of the molecule is Brc1ccccc1-n1cnnc1. The molecule has 0 spiro atoms. The summed E-state index contributed by atoms with van der Waals surface area (Å²) in [6.45, 7) is 0. The van der Waals surface area contributed by atoms with Crippen LogP contribution in [0.4, 0.5) is 0 Å². The second-order valence-corrected chi connectivity index (χ2v) is 3.17. The van der Waals surface area contributed by atoms with Crippen LogP contribution in [0.1, 0.15) is 0 Å². The van der Waals surface area contributed by atoms with E-state index in [1.54, 1.807) is 12.7 Å². The van der Waals surface area contributed by atoms with Crippen molar-refractivity contribution in [3.05, 3.63) is 41.4 Å². The van der Waals surface area contributed by atoms with Gasteiger partial charge >= 0.3 is 0 Å². The third-order valence-corrected chi connectivity index (χ3v) is 2.22. The molecule has 0 amide bonds. The standard InChI is InChI=1S/C8H6BrN3/c9-7-3-1-2-4-8(7)12-5-10-11-6-12/h1-6H. The van der Waals surface area contributed by atoms with Crippen LogP contribution in [-0.4, -0.2) is 14.8 Å². The van der Waals surface area contributed by atoms with Gasteiger partial charge in [-0.05, 0) is 28.1 Å². The molecule has 0 aliphatic heterocycles. The van der Waals surface area contributed by atoms with Gasteiger partial charge in [-0.15, -0.1) is 10.2 Å². The summed E-state index contributed by atoms with van der Waals surface area (Å²) in [7, 11) is 0. The van der Waals surface area contributed by atoms with Crippen molar-refractivity contribution in [2.75, 3.05) is 0 Å². The van der Waals surface area contributed by atoms with E-state index in [9.17, 15) is 0 Å². The fraction of sp³-hybridized carbons (Fsp3) is 0. The van der Waals surface area contributed by atoms with Gasteiger partial charge in [0.2, 0.25) is 0 Å². The van der Waals surface area contributed by atoms with E-state index in [1.165, 1.54) is 0 Å². The molecule has 0 unspecified atom stereocenters. The first-order chi connectivity index (χ1) is 5.88. The molecule has 4 heteroatoms. The molecular weight excluding hydrogens is 218 g/mol. The maximum Gasteiger partial charge on any atom is 0.123 e. The molecule has 12 heavy (non-hydrogen) atoms. The van der Waals surface area contributed by atoms with Crippen molar-refractivity contribution in [3.8, 4) is 5.69 Å². The second-order valence-electron chi connectivity index (χ2n) is 2.32. The quantitative estimate of drug-likeness (QED) is 0.741. The Kier molecular flexibility index (Phi) is 1.91. The Bertz CT molecular complexity index is 370. The normalized spacial score (nSPS) is 10.1. The van der Waals surface area contributed by atoms with E-state index in [0.717, 1.165) is 10.2 Å². The van der Waals surface area contributed by atoms with Crippen LogP contribution in [0.15, 0.2) is 41.4 Å². The van der Waals surface area contributed by atoms with Crippen molar-refractivity contribution in [1.29, 1.82) is 0 Å². The Morgan fingerprint density at radius 3 is 2.42 bits per heavy atom. The highest BCUT2D eigenvalue weighted by atomic mass is 79.9. The Morgan fingerprint density at radius 1 is 1.08 bits per heavy atom. The number of nitrogens with zero attached hydrogens (tertiary/aromatic N) is 3. The third kappa shape index (κ3) is 1.25. The number of halogens is 1. The molecule has 1 aromatic heterocycles. The Hall–Kier alpha value is -1.16. The molecule has 0 aliphatic carbocycles. The van der Waals surface area contributed by atoms with Gasteiger partial charge in [0.1, 0.15) is 12.7 Å². The van der Waals surface area contributed by atoms with E-state index in [2.05, 4.69) is 26.1 Å². The minimum absolute atomic E-state index is 1.03. The minimum atomic E-state index is 1.03. The first-order valence-corrected chi connectivity index (χ1v) is 4.27. The van der Waals surface area contributed by atoms with Gasteiger partial charge in [-0.2, -0.15) is 0 Å². The van der Waals surface area contributed by atoms with E-state index in [0.29, 0.717) is 0 Å². The van der Waals surface area contributed by atoms with Gasteiger partial charge in [-0.3, -0.25) is 4.57 Å². The number of benzene rings is 1. The summed E-state index contributed by atoms with van der Waals surface area (Å²) in [5.74, 6) is 0. The molecule has 0 bridgehead atoms. The van der Waals surface area contributed by atoms with E-state index in [-0.39, 0.29) is 0 Å². The molecule has 2 aromatic rings. The summed E-state index contributed by atoms with van der Waals surface area (Å²) < 4.78 is 2.88. The highest BCUT2D eigenvalue weighted by Gasteiger charge is 1.98. The van der Waals surface area contributed by atoms with Gasteiger partial charge in [0.25, 0.3) is 0 Å². The van der Waals surface area contributed by atoms with E-state index < -0.39 is 0 Å². The molecule has 0 saturated heterocycles. The number of aromatic nitrogens is 3. The van der Waals surface area contributed by atoms with E-state index in [4.69, 9.17) is 0 Å². The summed E-state index contributed by atoms with van der Waals surface area (Å²) >= 11 is 3.44. The number of hydrogen-bond acceptors (Lipinski definition) is 2. The van der Waals surface area contributed by atoms with Crippen LogP contribution in [0.3, 0.4) is 0 Å². The summed E-state index contributed by atoms with van der Waals surface area (Å²) in [6, 6.07) is 7.92. The van der Waals surface area contributed by atoms with Gasteiger partial charge in [0.15, 0.2) is 0 Å². The maximum absolute atomic E-state index is 3.73. The molecule has 1 aromatic carbocycles. The van der Waals surface area contributed by atoms with Crippen LogP contribution < -0.4 is 0 Å². The predicted molar refractivity (Wildman–Crippen MR) is 49.1 cm³/mol. The fourth-order valence-electron chi connectivity index (χ4n) is 0.986. The lowest BCUT2D eigenvalue weighted by molar-refractivity contribution is 1.05. The van der Waals surface area contributed by atoms with Gasteiger partial charge in [0, 0.05) is 4.47 Å². The van der Waals surface area contributed by atoms with Crippen molar-refractivity contribution in [1.82, 2.24) is 14.8 Å². The molecule has 0 fully saturated rings. The average molecular weight is 224 g/mol. The van der Waals surface area contributed by atoms with Crippen LogP contribution in [0, 0.1) is 0 Å². The highest BCUT2D eigenvalue weighted by Crippen LogP contribution is 2.18. The topological polar surface area (TPSA) is 30.7 Å². The molecule has 1 heterocycles. The summed E-state index contributed by atoms with van der Waals surface area (Å²) in [6.07, 6.45) is 3.33. The molecule has 0 atom stereocenters. The van der Waals surface area contributed by atoms with Gasteiger partial charge < -0.3 is 0 Å². The van der Waals surface area contributed by atoms with Crippen molar-refractivity contribution < 1.29 is 0 Å². The Labute approximate surface area is 78.2 Å². The van der Waals surface area contributed by atoms with Crippen LogP contribution >= 0.6 is 15.9 Å². The maximum atomic E-state index is 3.73. The zero-order valence-electron chi connectivity index (χ0n) is 6.18. The largest absolute Gasteiger partial charge is 0.287 e. The smallest absolute Gasteiger partial charge is 0.123 e. The molecule has 60 valence electrons. The van der Waals surface area contributed by atoms with Gasteiger partial charge in [-0.1, -0.05) is 12.1 Å². The summed E-state index contributed by atoms with van der Waals surface area (Å²) in [5.41, 5.74) is 1.04. The first kappa shape index (κ1) is 7.49. The molecular formula is C8H6BrN3. The lowest BCUT2D eigenvalue weighted by Gasteiger charge is -2.01. The van der Waals surface area contributed by atoms with E-state index in [1.807, 2.05) is 28.8 Å². The lowest BCUT2D eigenvalue weighted by Crippen LogP contribution is -1.90. The van der Waals surface area contributed by atoms with Crippen LogP contribution in [0.25, 0.3) is 5.69 Å². The lowest BCUT2D eigenvalue weighted by atomic mass is 10.3. The zero-order valence-corrected chi connectivity index (χ0v) is 7.77. The molecule has 0 aliphatic rings. The van der Waals surface area contributed by atoms with Crippen LogP contribution in [0.5, 0.6) is 0 Å². The van der Waals surface area contributed by atoms with Crippen molar-refractivity contribution in [2.45, 2.75) is 0 Å². The minimum Gasteiger partial charge on any atom is -0.287 e. The third-order valence-electron chi connectivity index (χ3n) is 1.55. The first-order valence-electron chi connectivity index (χ1n) is 3.47. The average Bonchev–Trinajstić information content (AvgIpc) is 2.57. The number of rotatable bonds is 1. The molecule has 0 radical (unpaired) electrons. The molecule has 2 rings (SSSR count). The Balaban J connectivity index is 2.55. The van der Waals surface area contributed by atoms with Crippen molar-refractivity contribution in [3.63, 3.8) is 0 Å². The van der Waals surface area contributed by atoms with Gasteiger partial charge in [0.05, 0.1) is 5.69 Å². The van der Waals surface area contributed by atoms with Crippen LogP contribution in [0.2, 0.25) is 0 Å². The summed E-state index contributed by atoms with van der Waals surface area (Å²) in [4.78, 5) is 0. The highest BCUT2D eigenvalue weighted by molar-refractivity contribution is 9.10. The fourth-order valence-corrected chi connectivity index (χ4v) is 1.48.